The summed E-state index contributed by atoms with van der Waals surface area (Å²) >= 11 is 1.67. The van der Waals surface area contributed by atoms with Gasteiger partial charge in [0.15, 0.2) is 0 Å². The molecule has 0 aliphatic carbocycles. The first-order chi connectivity index (χ1) is 17.0. The van der Waals surface area contributed by atoms with Crippen molar-refractivity contribution in [3.8, 4) is 10.6 Å². The summed E-state index contributed by atoms with van der Waals surface area (Å²) in [5.74, 6) is 0.0903. The minimum atomic E-state index is -0.337. The van der Waals surface area contributed by atoms with Crippen LogP contribution in [-0.4, -0.2) is 46.9 Å². The van der Waals surface area contributed by atoms with Gasteiger partial charge in [-0.3, -0.25) is 9.69 Å². The van der Waals surface area contributed by atoms with E-state index in [-0.39, 0.29) is 11.5 Å². The Labute approximate surface area is 208 Å². The minimum Gasteiger partial charge on any atom is -0.423 e. The van der Waals surface area contributed by atoms with Crippen molar-refractivity contribution in [3.63, 3.8) is 0 Å². The zero-order chi connectivity index (χ0) is 24.4. The molecule has 180 valence electrons. The summed E-state index contributed by atoms with van der Waals surface area (Å²) in [7, 11) is 0. The summed E-state index contributed by atoms with van der Waals surface area (Å²) in [5.41, 5.74) is 5.05. The molecule has 0 spiro atoms. The van der Waals surface area contributed by atoms with E-state index in [0.29, 0.717) is 37.1 Å². The second-order valence-electron chi connectivity index (χ2n) is 9.16. The van der Waals surface area contributed by atoms with E-state index in [1.54, 1.807) is 11.3 Å². The Balaban J connectivity index is 1.15. The molecule has 5 rings (SSSR count). The van der Waals surface area contributed by atoms with Crippen LogP contribution in [-0.2, 0) is 17.8 Å². The van der Waals surface area contributed by atoms with Gasteiger partial charge < -0.3 is 9.32 Å². The van der Waals surface area contributed by atoms with Crippen molar-refractivity contribution >= 4 is 28.2 Å². The largest absolute Gasteiger partial charge is 0.423 e. The Bertz CT molecular complexity index is 1400. The summed E-state index contributed by atoms with van der Waals surface area (Å²) in [6.07, 6.45) is 0.716. The van der Waals surface area contributed by atoms with Crippen LogP contribution in [0.3, 0.4) is 0 Å². The second kappa shape index (κ2) is 10.1. The maximum Gasteiger partial charge on any atom is 0.339 e. The van der Waals surface area contributed by atoms with Crippen LogP contribution in [0, 0.1) is 13.8 Å². The van der Waals surface area contributed by atoms with Crippen molar-refractivity contribution in [1.29, 1.82) is 0 Å². The highest BCUT2D eigenvalue weighted by atomic mass is 32.1. The maximum atomic E-state index is 12.9. The third kappa shape index (κ3) is 5.21. The minimum absolute atomic E-state index is 0.0903. The number of hydrogen-bond donors (Lipinski definition) is 0. The summed E-state index contributed by atoms with van der Waals surface area (Å²) in [6, 6.07) is 16.1. The third-order valence-corrected chi connectivity index (χ3v) is 7.65. The van der Waals surface area contributed by atoms with E-state index in [1.807, 2.05) is 55.1 Å². The molecular formula is C28H29N3O3S. The molecule has 2 aromatic carbocycles. The Kier molecular flexibility index (Phi) is 6.79. The molecule has 0 radical (unpaired) electrons. The van der Waals surface area contributed by atoms with Crippen molar-refractivity contribution in [1.82, 2.24) is 14.8 Å². The molecule has 1 fully saturated rings. The van der Waals surface area contributed by atoms with Crippen LogP contribution in [0.15, 0.2) is 63.1 Å². The van der Waals surface area contributed by atoms with Gasteiger partial charge >= 0.3 is 5.63 Å². The number of amides is 1. The van der Waals surface area contributed by atoms with Crippen LogP contribution in [0.4, 0.5) is 0 Å². The van der Waals surface area contributed by atoms with Gasteiger partial charge in [0.25, 0.3) is 0 Å². The predicted octanol–water partition coefficient (Wildman–Crippen LogP) is 4.81. The molecule has 1 aliphatic heterocycles. The molecule has 0 unspecified atom stereocenters. The summed E-state index contributed by atoms with van der Waals surface area (Å²) < 4.78 is 5.54. The number of carbonyl (C=O) groups excluding carboxylic acids is 1. The second-order valence-corrected chi connectivity index (χ2v) is 10.0. The van der Waals surface area contributed by atoms with Gasteiger partial charge in [0.05, 0.1) is 5.69 Å². The fourth-order valence-corrected chi connectivity index (χ4v) is 5.47. The number of aryl methyl sites for hydroxylation is 2. The highest BCUT2D eigenvalue weighted by molar-refractivity contribution is 7.13. The molecule has 1 amide bonds. The molecule has 2 aromatic heterocycles. The van der Waals surface area contributed by atoms with Gasteiger partial charge in [-0.25, -0.2) is 9.78 Å². The predicted molar refractivity (Wildman–Crippen MR) is 140 cm³/mol. The Hall–Kier alpha value is -3.29. The molecule has 0 bridgehead atoms. The van der Waals surface area contributed by atoms with Crippen molar-refractivity contribution in [2.75, 3.05) is 26.2 Å². The van der Waals surface area contributed by atoms with Gasteiger partial charge in [0.1, 0.15) is 10.6 Å². The van der Waals surface area contributed by atoms with Gasteiger partial charge in [-0.1, -0.05) is 42.5 Å². The number of carbonyl (C=O) groups is 1. The van der Waals surface area contributed by atoms with Crippen molar-refractivity contribution in [2.45, 2.75) is 33.2 Å². The van der Waals surface area contributed by atoms with Gasteiger partial charge in [0.2, 0.25) is 5.91 Å². The Morgan fingerprint density at radius 3 is 2.60 bits per heavy atom. The van der Waals surface area contributed by atoms with E-state index in [2.05, 4.69) is 22.4 Å². The lowest BCUT2D eigenvalue weighted by molar-refractivity contribution is -0.133. The molecule has 1 saturated heterocycles. The summed E-state index contributed by atoms with van der Waals surface area (Å²) in [5, 5.41) is 4.10. The lowest BCUT2D eigenvalue weighted by atomic mass is 10.0. The van der Waals surface area contributed by atoms with Crippen LogP contribution in [0.5, 0.6) is 0 Å². The van der Waals surface area contributed by atoms with Gasteiger partial charge in [0, 0.05) is 61.0 Å². The van der Waals surface area contributed by atoms with Crippen LogP contribution < -0.4 is 5.63 Å². The fraction of sp³-hybridized carbons (Fsp3) is 0.321. The van der Waals surface area contributed by atoms with E-state index in [0.717, 1.165) is 52.4 Å². The van der Waals surface area contributed by atoms with Crippen LogP contribution >= 0.6 is 11.3 Å². The first kappa shape index (κ1) is 23.5. The maximum absolute atomic E-state index is 12.9. The lowest BCUT2D eigenvalue weighted by Crippen LogP contribution is -2.48. The average Bonchev–Trinajstić information content (AvgIpc) is 3.33. The van der Waals surface area contributed by atoms with E-state index < -0.39 is 0 Å². The quantitative estimate of drug-likeness (QED) is 0.365. The lowest BCUT2D eigenvalue weighted by Gasteiger charge is -2.34. The third-order valence-electron chi connectivity index (χ3n) is 6.71. The number of piperazine rings is 1. The monoisotopic (exact) mass is 487 g/mol. The molecule has 0 N–H and O–H groups in total. The standard InChI is InChI=1S/C28H29N3O3S/c1-19-8-9-23-20(2)24(28(33)34-25(23)16-19)10-11-26(32)31-14-12-30(13-15-31)17-22-18-35-27(29-22)21-6-4-3-5-7-21/h3-9,16,18H,10-15,17H2,1-2H3. The van der Waals surface area contributed by atoms with Crippen molar-refractivity contribution < 1.29 is 9.21 Å². The van der Waals surface area contributed by atoms with Gasteiger partial charge in [-0.2, -0.15) is 0 Å². The zero-order valence-corrected chi connectivity index (χ0v) is 20.9. The molecule has 7 heteroatoms. The molecular weight excluding hydrogens is 458 g/mol. The molecule has 3 heterocycles. The first-order valence-electron chi connectivity index (χ1n) is 12.0. The van der Waals surface area contributed by atoms with E-state index in [1.165, 1.54) is 0 Å². The molecule has 1 aliphatic rings. The number of fused-ring (bicyclic) bond motifs is 1. The topological polar surface area (TPSA) is 66.7 Å². The van der Waals surface area contributed by atoms with Crippen LogP contribution in [0.2, 0.25) is 0 Å². The number of aromatic nitrogens is 1. The number of benzene rings is 2. The van der Waals surface area contributed by atoms with Crippen molar-refractivity contribution in [3.05, 3.63) is 86.7 Å². The highest BCUT2D eigenvalue weighted by Crippen LogP contribution is 2.24. The Morgan fingerprint density at radius 2 is 1.83 bits per heavy atom. The van der Waals surface area contributed by atoms with Gasteiger partial charge in [-0.05, 0) is 37.5 Å². The smallest absolute Gasteiger partial charge is 0.339 e. The number of nitrogens with zero attached hydrogens (tertiary/aromatic N) is 3. The molecule has 4 aromatic rings. The van der Waals surface area contributed by atoms with Crippen molar-refractivity contribution in [2.24, 2.45) is 0 Å². The normalized spacial score (nSPS) is 14.5. The van der Waals surface area contributed by atoms with E-state index >= 15 is 0 Å². The molecule has 35 heavy (non-hydrogen) atoms. The summed E-state index contributed by atoms with van der Waals surface area (Å²) in [4.78, 5) is 34.5. The van der Waals surface area contributed by atoms with Crippen LogP contribution in [0.25, 0.3) is 21.5 Å². The first-order valence-corrected chi connectivity index (χ1v) is 12.9. The molecule has 6 nitrogen and oxygen atoms in total. The van der Waals surface area contributed by atoms with E-state index in [4.69, 9.17) is 9.40 Å². The van der Waals surface area contributed by atoms with Crippen LogP contribution in [0.1, 0.15) is 28.8 Å². The summed E-state index contributed by atoms with van der Waals surface area (Å²) in [6.45, 7) is 7.73. The highest BCUT2D eigenvalue weighted by Gasteiger charge is 2.22. The zero-order valence-electron chi connectivity index (χ0n) is 20.1. The molecule has 0 saturated carbocycles. The number of thiazole rings is 1. The average molecular weight is 488 g/mol. The fourth-order valence-electron chi connectivity index (χ4n) is 4.66. The number of hydrogen-bond acceptors (Lipinski definition) is 6. The van der Waals surface area contributed by atoms with Gasteiger partial charge in [-0.15, -0.1) is 11.3 Å². The number of rotatable bonds is 6. The van der Waals surface area contributed by atoms with E-state index in [9.17, 15) is 9.59 Å². The SMILES string of the molecule is Cc1ccc2c(C)c(CCC(=O)N3CCN(Cc4csc(-c5ccccc5)n4)CC3)c(=O)oc2c1. The Morgan fingerprint density at radius 1 is 1.06 bits per heavy atom. The molecule has 0 atom stereocenters.